The van der Waals surface area contributed by atoms with E-state index in [1.54, 1.807) is 0 Å². The molecule has 0 aliphatic heterocycles. The van der Waals surface area contributed by atoms with Crippen molar-refractivity contribution >= 4 is 33.4 Å². The van der Waals surface area contributed by atoms with Gasteiger partial charge in [0.2, 0.25) is 0 Å². The third-order valence-corrected chi connectivity index (χ3v) is 14.2. The number of para-hydroxylation sites is 1. The fraction of sp³-hybridized carbons (Fsp3) is 0.115. The van der Waals surface area contributed by atoms with Crippen molar-refractivity contribution in [2.75, 3.05) is 4.90 Å². The molecule has 0 spiro atoms. The molecular formula is C61H47N. The highest BCUT2D eigenvalue weighted by Crippen LogP contribution is 2.58. The van der Waals surface area contributed by atoms with Crippen LogP contribution in [-0.2, 0) is 5.41 Å². The number of nitrogens with zero attached hydrogens (tertiary/aromatic N) is 1. The summed E-state index contributed by atoms with van der Waals surface area (Å²) in [5.41, 5.74) is 18.7. The highest BCUT2D eigenvalue weighted by Gasteiger charge is 2.46. The summed E-state index contributed by atoms with van der Waals surface area (Å²) < 4.78 is 0. The van der Waals surface area contributed by atoms with E-state index >= 15 is 0 Å². The van der Waals surface area contributed by atoms with Crippen LogP contribution in [0.2, 0.25) is 0 Å². The van der Waals surface area contributed by atoms with Crippen LogP contribution in [0, 0.1) is 11.8 Å². The Labute approximate surface area is 365 Å². The lowest BCUT2D eigenvalue weighted by atomic mass is 9.67. The van der Waals surface area contributed by atoms with Crippen molar-refractivity contribution in [1.29, 1.82) is 0 Å². The van der Waals surface area contributed by atoms with Crippen LogP contribution < -0.4 is 4.90 Å². The summed E-state index contributed by atoms with van der Waals surface area (Å²) in [5, 5.41) is 2.51. The summed E-state index contributed by atoms with van der Waals surface area (Å²) in [4.78, 5) is 2.53. The highest BCUT2D eigenvalue weighted by atomic mass is 15.1. The van der Waals surface area contributed by atoms with Gasteiger partial charge in [0, 0.05) is 16.9 Å². The molecule has 0 bridgehead atoms. The summed E-state index contributed by atoms with van der Waals surface area (Å²) >= 11 is 0. The van der Waals surface area contributed by atoms with Crippen LogP contribution in [-0.4, -0.2) is 0 Å². The second-order valence-electron chi connectivity index (χ2n) is 17.4. The van der Waals surface area contributed by atoms with E-state index in [0.717, 1.165) is 17.8 Å². The van der Waals surface area contributed by atoms with Crippen LogP contribution >= 0.6 is 0 Å². The molecule has 1 nitrogen and oxygen atoms in total. The molecule has 8 aromatic carbocycles. The maximum Gasteiger partial charge on any atom is 0.0714 e. The highest BCUT2D eigenvalue weighted by molar-refractivity contribution is 5.95. The van der Waals surface area contributed by atoms with Gasteiger partial charge in [0.1, 0.15) is 0 Å². The van der Waals surface area contributed by atoms with E-state index in [2.05, 4.69) is 229 Å². The monoisotopic (exact) mass is 793 g/mol. The Morgan fingerprint density at radius 3 is 1.84 bits per heavy atom. The fourth-order valence-electron chi connectivity index (χ4n) is 11.4. The lowest BCUT2D eigenvalue weighted by Crippen LogP contribution is -2.28. The largest absolute Gasteiger partial charge is 0.310 e. The van der Waals surface area contributed by atoms with Gasteiger partial charge in [0.05, 0.1) is 11.1 Å². The average molecular weight is 794 g/mol. The molecule has 12 rings (SSSR count). The Morgan fingerprint density at radius 1 is 0.435 bits per heavy atom. The van der Waals surface area contributed by atoms with Gasteiger partial charge in [0.15, 0.2) is 0 Å². The smallest absolute Gasteiger partial charge is 0.0714 e. The van der Waals surface area contributed by atoms with E-state index < -0.39 is 5.41 Å². The molecule has 0 saturated heterocycles. The van der Waals surface area contributed by atoms with E-state index in [1.807, 2.05) is 0 Å². The molecule has 2 unspecified atom stereocenters. The summed E-state index contributed by atoms with van der Waals surface area (Å²) in [6.07, 6.45) is 16.9. The van der Waals surface area contributed by atoms with Crippen LogP contribution in [0.15, 0.2) is 236 Å². The maximum atomic E-state index is 2.53. The minimum absolute atomic E-state index is 0.504. The number of hydrogen-bond donors (Lipinski definition) is 0. The molecule has 4 aliphatic rings. The van der Waals surface area contributed by atoms with Crippen molar-refractivity contribution in [3.05, 3.63) is 263 Å². The number of allylic oxidation sites excluding steroid dienone is 8. The van der Waals surface area contributed by atoms with E-state index in [4.69, 9.17) is 0 Å². The fourth-order valence-corrected chi connectivity index (χ4v) is 11.4. The van der Waals surface area contributed by atoms with Crippen LogP contribution in [0.1, 0.15) is 53.5 Å². The molecule has 0 fully saturated rings. The molecule has 296 valence electrons. The number of fused-ring (bicyclic) bond motifs is 7. The SMILES string of the molecule is C1=CC2=CC(c3ccccc3N(c3ccc(-c4ccc5ccccc5c4)cc3)c3ccc4c(c3)C(c3ccccc3)(c3ccccc3)c3ccccc3-4)=C3C=CCCC3C2CC1. The summed E-state index contributed by atoms with van der Waals surface area (Å²) in [6, 6.07) is 72.4. The predicted octanol–water partition coefficient (Wildman–Crippen LogP) is 16.0. The van der Waals surface area contributed by atoms with E-state index in [9.17, 15) is 0 Å². The quantitative estimate of drug-likeness (QED) is 0.155. The molecule has 62 heavy (non-hydrogen) atoms. The molecule has 2 atom stereocenters. The van der Waals surface area contributed by atoms with Gasteiger partial charge in [-0.25, -0.2) is 0 Å². The van der Waals surface area contributed by atoms with E-state index in [1.165, 1.54) is 103 Å². The van der Waals surface area contributed by atoms with Gasteiger partial charge in [-0.3, -0.25) is 0 Å². The zero-order chi connectivity index (χ0) is 41.0. The molecule has 0 saturated carbocycles. The maximum absolute atomic E-state index is 2.53. The third kappa shape index (κ3) is 5.83. The number of rotatable bonds is 7. The van der Waals surface area contributed by atoms with Crippen molar-refractivity contribution in [2.45, 2.75) is 31.1 Å². The Hall–Kier alpha value is -7.22. The summed E-state index contributed by atoms with van der Waals surface area (Å²) in [7, 11) is 0. The van der Waals surface area contributed by atoms with E-state index in [-0.39, 0.29) is 0 Å². The predicted molar refractivity (Wildman–Crippen MR) is 260 cm³/mol. The van der Waals surface area contributed by atoms with Gasteiger partial charge in [-0.05, 0) is 146 Å². The molecule has 0 radical (unpaired) electrons. The molecule has 0 amide bonds. The van der Waals surface area contributed by atoms with Gasteiger partial charge in [-0.1, -0.05) is 188 Å². The van der Waals surface area contributed by atoms with Crippen molar-refractivity contribution in [3.8, 4) is 22.3 Å². The molecule has 8 aromatic rings. The van der Waals surface area contributed by atoms with Crippen LogP contribution in [0.3, 0.4) is 0 Å². The standard InChI is InChI=1S/C61H47N/c1-3-20-47(21-4-1)61(48-22-5-2-6-23-48)58-29-15-13-27-54(58)55-38-37-50(41-59(55)61)62(49-35-33-43(34-36-49)45-32-31-42-17-7-8-18-44(42)39-45)60-30-16-14-28-56(60)57-40-46-19-9-10-24-51(46)52-25-11-12-26-53(52)57/h1-9,12-23,26-41,51-52H,10-11,24-25H2. The lowest BCUT2D eigenvalue weighted by Gasteiger charge is -2.38. The minimum atomic E-state index is -0.504. The van der Waals surface area contributed by atoms with Gasteiger partial charge < -0.3 is 4.90 Å². The van der Waals surface area contributed by atoms with Crippen LogP contribution in [0.4, 0.5) is 17.1 Å². The van der Waals surface area contributed by atoms with Crippen LogP contribution in [0.25, 0.3) is 38.6 Å². The first-order chi connectivity index (χ1) is 30.8. The molecule has 0 heterocycles. The molecule has 1 heteroatoms. The van der Waals surface area contributed by atoms with Gasteiger partial charge in [0.25, 0.3) is 0 Å². The first-order valence-corrected chi connectivity index (χ1v) is 22.4. The molecule has 0 aromatic heterocycles. The second kappa shape index (κ2) is 15.0. The van der Waals surface area contributed by atoms with Gasteiger partial charge >= 0.3 is 0 Å². The molecule has 0 N–H and O–H groups in total. The Bertz CT molecular complexity index is 3090. The normalized spacial score (nSPS) is 18.1. The minimum Gasteiger partial charge on any atom is -0.310 e. The summed E-state index contributed by atoms with van der Waals surface area (Å²) in [6.45, 7) is 0. The number of anilines is 3. The van der Waals surface area contributed by atoms with Crippen molar-refractivity contribution in [1.82, 2.24) is 0 Å². The summed E-state index contributed by atoms with van der Waals surface area (Å²) in [5.74, 6) is 1.13. The van der Waals surface area contributed by atoms with Crippen LogP contribution in [0.5, 0.6) is 0 Å². The van der Waals surface area contributed by atoms with Gasteiger partial charge in [-0.2, -0.15) is 0 Å². The topological polar surface area (TPSA) is 3.24 Å². The van der Waals surface area contributed by atoms with Crippen molar-refractivity contribution in [2.24, 2.45) is 11.8 Å². The molecular weight excluding hydrogens is 747 g/mol. The first-order valence-electron chi connectivity index (χ1n) is 22.4. The number of benzene rings is 8. The van der Waals surface area contributed by atoms with Crippen molar-refractivity contribution in [3.63, 3.8) is 0 Å². The zero-order valence-corrected chi connectivity index (χ0v) is 34.8. The average Bonchev–Trinajstić information content (AvgIpc) is 3.65. The first kappa shape index (κ1) is 36.6. The third-order valence-electron chi connectivity index (χ3n) is 14.2. The van der Waals surface area contributed by atoms with Gasteiger partial charge in [-0.15, -0.1) is 0 Å². The number of hydrogen-bond acceptors (Lipinski definition) is 1. The Morgan fingerprint density at radius 2 is 1.05 bits per heavy atom. The van der Waals surface area contributed by atoms with Crippen molar-refractivity contribution < 1.29 is 0 Å². The Kier molecular flexibility index (Phi) is 8.89. The molecule has 4 aliphatic carbocycles. The lowest BCUT2D eigenvalue weighted by molar-refractivity contribution is 0.383. The zero-order valence-electron chi connectivity index (χ0n) is 34.8. The Balaban J connectivity index is 1.09. The van der Waals surface area contributed by atoms with E-state index in [0.29, 0.717) is 11.8 Å². The second-order valence-corrected chi connectivity index (χ2v) is 17.4.